The van der Waals surface area contributed by atoms with Gasteiger partial charge in [0.1, 0.15) is 5.69 Å². The van der Waals surface area contributed by atoms with Gasteiger partial charge in [-0.05, 0) is 0 Å². The van der Waals surface area contributed by atoms with Crippen LogP contribution in [0, 0.1) is 0 Å². The molecule has 0 unspecified atom stereocenters. The molecule has 2 nitrogen and oxygen atoms in total. The number of halogens is 2. The number of hydrogen-bond donors (Lipinski definition) is 0. The van der Waals surface area contributed by atoms with Gasteiger partial charge in [0.2, 0.25) is 0 Å². The van der Waals surface area contributed by atoms with Gasteiger partial charge in [-0.2, -0.15) is 0 Å². The molecule has 0 radical (unpaired) electrons. The van der Waals surface area contributed by atoms with Crippen molar-refractivity contribution in [3.63, 3.8) is 0 Å². The number of hydrogen-bond acceptors (Lipinski definition) is 1. The molecule has 0 N–H and O–H groups in total. The van der Waals surface area contributed by atoms with Gasteiger partial charge < -0.3 is 4.57 Å². The van der Waals surface area contributed by atoms with Gasteiger partial charge in [0.25, 0.3) is 6.43 Å². The Morgan fingerprint density at radius 1 is 1.67 bits per heavy atom. The molecule has 1 aromatic heterocycles. The zero-order valence-corrected chi connectivity index (χ0v) is 4.88. The van der Waals surface area contributed by atoms with Crippen molar-refractivity contribution in [1.29, 1.82) is 0 Å². The lowest BCUT2D eigenvalue weighted by atomic mass is 10.5. The van der Waals surface area contributed by atoms with Crippen LogP contribution in [0.15, 0.2) is 12.5 Å². The van der Waals surface area contributed by atoms with Gasteiger partial charge in [-0.1, -0.05) is 0 Å². The van der Waals surface area contributed by atoms with E-state index in [0.29, 0.717) is 0 Å². The van der Waals surface area contributed by atoms with Crippen LogP contribution in [0.1, 0.15) is 12.1 Å². The van der Waals surface area contributed by atoms with E-state index in [-0.39, 0.29) is 5.69 Å². The molecule has 0 aliphatic carbocycles. The lowest BCUT2D eigenvalue weighted by Crippen LogP contribution is -1.93. The molecule has 0 atom stereocenters. The molecule has 0 aliphatic heterocycles. The molecule has 1 rings (SSSR count). The van der Waals surface area contributed by atoms with Gasteiger partial charge in [0, 0.05) is 7.05 Å². The van der Waals surface area contributed by atoms with Crippen molar-refractivity contribution < 1.29 is 8.78 Å². The molecule has 0 saturated heterocycles. The van der Waals surface area contributed by atoms with Gasteiger partial charge in [-0.15, -0.1) is 0 Å². The fraction of sp³-hybridized carbons (Fsp3) is 0.400. The minimum Gasteiger partial charge on any atom is -0.333 e. The SMILES string of the molecule is Cn1cncc1C(F)F. The molecule has 0 aromatic carbocycles. The second-order valence-corrected chi connectivity index (χ2v) is 1.73. The van der Waals surface area contributed by atoms with Crippen LogP contribution in [0.2, 0.25) is 0 Å². The topological polar surface area (TPSA) is 17.8 Å². The summed E-state index contributed by atoms with van der Waals surface area (Å²) in [7, 11) is 1.54. The average Bonchev–Trinajstić information content (AvgIpc) is 2.13. The maximum Gasteiger partial charge on any atom is 0.279 e. The van der Waals surface area contributed by atoms with E-state index >= 15 is 0 Å². The van der Waals surface area contributed by atoms with Crippen molar-refractivity contribution in [2.45, 2.75) is 6.43 Å². The Kier molecular flexibility index (Phi) is 1.46. The predicted molar refractivity (Wildman–Crippen MR) is 28.2 cm³/mol. The van der Waals surface area contributed by atoms with Crippen LogP contribution in [-0.2, 0) is 7.05 Å². The number of alkyl halides is 2. The monoisotopic (exact) mass is 132 g/mol. The largest absolute Gasteiger partial charge is 0.333 e. The Bertz CT molecular complexity index is 195. The van der Waals surface area contributed by atoms with Gasteiger partial charge in [0.05, 0.1) is 12.5 Å². The van der Waals surface area contributed by atoms with Gasteiger partial charge in [-0.25, -0.2) is 13.8 Å². The third-order valence-electron chi connectivity index (χ3n) is 1.08. The second-order valence-electron chi connectivity index (χ2n) is 1.73. The Labute approximate surface area is 51.1 Å². The summed E-state index contributed by atoms with van der Waals surface area (Å²) in [4.78, 5) is 3.53. The molecule has 4 heteroatoms. The maximum atomic E-state index is 11.8. The number of aromatic nitrogens is 2. The Hall–Kier alpha value is -0.930. The quantitative estimate of drug-likeness (QED) is 0.564. The van der Waals surface area contributed by atoms with Crippen LogP contribution in [0.4, 0.5) is 8.78 Å². The Morgan fingerprint density at radius 2 is 2.33 bits per heavy atom. The molecule has 0 aliphatic rings. The molecular formula is C5H6F2N2. The van der Waals surface area contributed by atoms with Crippen LogP contribution in [0.5, 0.6) is 0 Å². The third-order valence-corrected chi connectivity index (χ3v) is 1.08. The van der Waals surface area contributed by atoms with Crippen molar-refractivity contribution in [2.24, 2.45) is 7.05 Å². The zero-order chi connectivity index (χ0) is 6.85. The molecule has 9 heavy (non-hydrogen) atoms. The Morgan fingerprint density at radius 3 is 2.56 bits per heavy atom. The van der Waals surface area contributed by atoms with Crippen LogP contribution >= 0.6 is 0 Å². The van der Waals surface area contributed by atoms with Crippen LogP contribution in [-0.4, -0.2) is 9.55 Å². The molecule has 0 fully saturated rings. The normalized spacial score (nSPS) is 10.7. The molecule has 1 aromatic rings. The summed E-state index contributed by atoms with van der Waals surface area (Å²) in [6, 6.07) is 0. The maximum absolute atomic E-state index is 11.8. The summed E-state index contributed by atoms with van der Waals surface area (Å²) in [5, 5.41) is 0. The van der Waals surface area contributed by atoms with Crippen LogP contribution < -0.4 is 0 Å². The Balaban J connectivity index is 2.94. The highest BCUT2D eigenvalue weighted by Gasteiger charge is 2.09. The highest BCUT2D eigenvalue weighted by Crippen LogP contribution is 2.15. The standard InChI is InChI=1S/C5H6F2N2/c1-9-3-8-2-4(9)5(6)7/h2-3,5H,1H3. The minimum atomic E-state index is -2.42. The highest BCUT2D eigenvalue weighted by molar-refractivity contribution is 4.98. The summed E-state index contributed by atoms with van der Waals surface area (Å²) >= 11 is 0. The summed E-state index contributed by atoms with van der Waals surface area (Å²) in [5.41, 5.74) is -0.0463. The fourth-order valence-electron chi connectivity index (χ4n) is 0.578. The number of imidazole rings is 1. The molecule has 0 saturated carbocycles. The van der Waals surface area contributed by atoms with E-state index in [9.17, 15) is 8.78 Å². The first-order valence-corrected chi connectivity index (χ1v) is 2.46. The van der Waals surface area contributed by atoms with E-state index in [4.69, 9.17) is 0 Å². The summed E-state index contributed by atoms with van der Waals surface area (Å²) in [6.07, 6.45) is 0.0871. The lowest BCUT2D eigenvalue weighted by molar-refractivity contribution is 0.142. The van der Waals surface area contributed by atoms with Crippen LogP contribution in [0.3, 0.4) is 0 Å². The van der Waals surface area contributed by atoms with E-state index in [1.54, 1.807) is 0 Å². The van der Waals surface area contributed by atoms with Crippen molar-refractivity contribution >= 4 is 0 Å². The van der Waals surface area contributed by atoms with Crippen LogP contribution in [0.25, 0.3) is 0 Å². The molecule has 0 bridgehead atoms. The number of nitrogens with zero attached hydrogens (tertiary/aromatic N) is 2. The number of aryl methyl sites for hydroxylation is 1. The van der Waals surface area contributed by atoms with E-state index < -0.39 is 6.43 Å². The highest BCUT2D eigenvalue weighted by atomic mass is 19.3. The summed E-state index contributed by atoms with van der Waals surface area (Å²) < 4.78 is 24.9. The molecule has 50 valence electrons. The van der Waals surface area contributed by atoms with Gasteiger partial charge in [-0.3, -0.25) is 0 Å². The summed E-state index contributed by atoms with van der Waals surface area (Å²) in [5.74, 6) is 0. The van der Waals surface area contributed by atoms with E-state index in [0.717, 1.165) is 6.20 Å². The molecule has 0 amide bonds. The van der Waals surface area contributed by atoms with E-state index in [1.807, 2.05) is 0 Å². The minimum absolute atomic E-state index is 0.0463. The van der Waals surface area contributed by atoms with Crippen molar-refractivity contribution in [1.82, 2.24) is 9.55 Å². The predicted octanol–water partition coefficient (Wildman–Crippen LogP) is 1.36. The van der Waals surface area contributed by atoms with E-state index in [1.165, 1.54) is 17.9 Å². The molecular weight excluding hydrogens is 126 g/mol. The van der Waals surface area contributed by atoms with Crippen molar-refractivity contribution in [2.75, 3.05) is 0 Å². The van der Waals surface area contributed by atoms with Crippen molar-refractivity contribution in [3.8, 4) is 0 Å². The lowest BCUT2D eigenvalue weighted by Gasteiger charge is -1.96. The fourth-order valence-corrected chi connectivity index (χ4v) is 0.578. The smallest absolute Gasteiger partial charge is 0.279 e. The average molecular weight is 132 g/mol. The van der Waals surface area contributed by atoms with Gasteiger partial charge >= 0.3 is 0 Å². The second kappa shape index (κ2) is 2.13. The molecule has 1 heterocycles. The number of rotatable bonds is 1. The third kappa shape index (κ3) is 1.06. The van der Waals surface area contributed by atoms with Gasteiger partial charge in [0.15, 0.2) is 0 Å². The van der Waals surface area contributed by atoms with Crippen molar-refractivity contribution in [3.05, 3.63) is 18.2 Å². The molecule has 0 spiro atoms. The first kappa shape index (κ1) is 6.19. The zero-order valence-electron chi connectivity index (χ0n) is 4.88. The first-order chi connectivity index (χ1) is 4.22. The summed E-state index contributed by atoms with van der Waals surface area (Å²) in [6.45, 7) is 0. The van der Waals surface area contributed by atoms with E-state index in [2.05, 4.69) is 4.98 Å². The first-order valence-electron chi connectivity index (χ1n) is 2.46.